The van der Waals surface area contributed by atoms with Crippen molar-refractivity contribution in [3.05, 3.63) is 30.1 Å². The molecule has 0 atom stereocenters. The SMILES string of the molecule is CNc1ccccc1-c1nc(CSC)no1. The first-order chi connectivity index (χ1) is 7.85. The van der Waals surface area contributed by atoms with Crippen LogP contribution in [0.3, 0.4) is 0 Å². The van der Waals surface area contributed by atoms with Crippen LogP contribution in [0.15, 0.2) is 28.8 Å². The average Bonchev–Trinajstić information content (AvgIpc) is 2.78. The van der Waals surface area contributed by atoms with E-state index in [0.29, 0.717) is 5.89 Å². The average molecular weight is 235 g/mol. The summed E-state index contributed by atoms with van der Waals surface area (Å²) in [5, 5.41) is 7.03. The summed E-state index contributed by atoms with van der Waals surface area (Å²) in [6.45, 7) is 0. The quantitative estimate of drug-likeness (QED) is 0.882. The number of anilines is 1. The topological polar surface area (TPSA) is 51.0 Å². The Morgan fingerprint density at radius 2 is 2.19 bits per heavy atom. The lowest BCUT2D eigenvalue weighted by Crippen LogP contribution is -1.91. The molecule has 2 rings (SSSR count). The summed E-state index contributed by atoms with van der Waals surface area (Å²) in [5.74, 6) is 2.06. The van der Waals surface area contributed by atoms with Crippen LogP contribution in [0.25, 0.3) is 11.5 Å². The number of thioether (sulfide) groups is 1. The minimum atomic E-state index is 0.564. The van der Waals surface area contributed by atoms with Crippen molar-refractivity contribution >= 4 is 17.4 Å². The van der Waals surface area contributed by atoms with Crippen molar-refractivity contribution in [1.29, 1.82) is 0 Å². The molecule has 0 bridgehead atoms. The van der Waals surface area contributed by atoms with Crippen molar-refractivity contribution in [3.8, 4) is 11.5 Å². The number of aromatic nitrogens is 2. The summed E-state index contributed by atoms with van der Waals surface area (Å²) in [4.78, 5) is 4.34. The molecular weight excluding hydrogens is 222 g/mol. The van der Waals surface area contributed by atoms with E-state index in [-0.39, 0.29) is 0 Å². The molecule has 0 radical (unpaired) electrons. The molecule has 1 aromatic carbocycles. The van der Waals surface area contributed by atoms with E-state index in [9.17, 15) is 0 Å². The van der Waals surface area contributed by atoms with Crippen LogP contribution >= 0.6 is 11.8 Å². The number of hydrogen-bond acceptors (Lipinski definition) is 5. The minimum Gasteiger partial charge on any atom is -0.387 e. The first kappa shape index (κ1) is 11.0. The molecule has 1 aromatic heterocycles. The van der Waals surface area contributed by atoms with Crippen molar-refractivity contribution < 1.29 is 4.52 Å². The van der Waals surface area contributed by atoms with Gasteiger partial charge in [-0.2, -0.15) is 16.7 Å². The van der Waals surface area contributed by atoms with Gasteiger partial charge in [0.15, 0.2) is 5.82 Å². The van der Waals surface area contributed by atoms with Gasteiger partial charge in [-0.05, 0) is 18.4 Å². The van der Waals surface area contributed by atoms with Crippen LogP contribution in [-0.2, 0) is 5.75 Å². The summed E-state index contributed by atoms with van der Waals surface area (Å²) in [6.07, 6.45) is 2.01. The third-order valence-corrected chi connectivity index (χ3v) is 2.72. The van der Waals surface area contributed by atoms with Crippen LogP contribution in [0.5, 0.6) is 0 Å². The van der Waals surface area contributed by atoms with E-state index in [4.69, 9.17) is 4.52 Å². The molecule has 0 fully saturated rings. The van der Waals surface area contributed by atoms with E-state index in [1.807, 2.05) is 37.6 Å². The molecular formula is C11H13N3OS. The molecule has 0 aliphatic rings. The van der Waals surface area contributed by atoms with Crippen molar-refractivity contribution in [2.75, 3.05) is 18.6 Å². The summed E-state index contributed by atoms with van der Waals surface area (Å²) < 4.78 is 5.23. The van der Waals surface area contributed by atoms with E-state index >= 15 is 0 Å². The summed E-state index contributed by atoms with van der Waals surface area (Å²) in [7, 11) is 1.87. The smallest absolute Gasteiger partial charge is 0.260 e. The molecule has 0 spiro atoms. The molecule has 0 amide bonds. The van der Waals surface area contributed by atoms with Gasteiger partial charge in [0.2, 0.25) is 0 Å². The molecule has 0 aliphatic carbocycles. The van der Waals surface area contributed by atoms with E-state index in [0.717, 1.165) is 22.8 Å². The van der Waals surface area contributed by atoms with Gasteiger partial charge < -0.3 is 9.84 Å². The lowest BCUT2D eigenvalue weighted by Gasteiger charge is -2.03. The van der Waals surface area contributed by atoms with Crippen LogP contribution in [0, 0.1) is 0 Å². The molecule has 2 aromatic rings. The molecule has 0 aliphatic heterocycles. The Morgan fingerprint density at radius 1 is 1.38 bits per heavy atom. The predicted molar refractivity (Wildman–Crippen MR) is 66.5 cm³/mol. The zero-order chi connectivity index (χ0) is 11.4. The van der Waals surface area contributed by atoms with Gasteiger partial charge in [-0.3, -0.25) is 0 Å². The fourth-order valence-electron chi connectivity index (χ4n) is 1.44. The van der Waals surface area contributed by atoms with Crippen molar-refractivity contribution in [1.82, 2.24) is 10.1 Å². The second-order valence-corrected chi connectivity index (χ2v) is 4.11. The van der Waals surface area contributed by atoms with Gasteiger partial charge in [-0.1, -0.05) is 17.3 Å². The zero-order valence-electron chi connectivity index (χ0n) is 9.23. The molecule has 0 saturated carbocycles. The predicted octanol–water partition coefficient (Wildman–Crippen LogP) is 2.64. The number of hydrogen-bond donors (Lipinski definition) is 1. The Labute approximate surface area is 98.4 Å². The van der Waals surface area contributed by atoms with Gasteiger partial charge in [0.05, 0.1) is 11.3 Å². The molecule has 16 heavy (non-hydrogen) atoms. The maximum atomic E-state index is 5.23. The van der Waals surface area contributed by atoms with Crippen LogP contribution in [-0.4, -0.2) is 23.4 Å². The van der Waals surface area contributed by atoms with Crippen LogP contribution in [0.1, 0.15) is 5.82 Å². The molecule has 0 unspecified atom stereocenters. The van der Waals surface area contributed by atoms with Gasteiger partial charge in [0, 0.05) is 12.7 Å². The van der Waals surface area contributed by atoms with E-state index in [2.05, 4.69) is 15.5 Å². The standard InChI is InChI=1S/C11H13N3OS/c1-12-9-6-4-3-5-8(9)11-13-10(7-16-2)14-15-11/h3-6,12H,7H2,1-2H3. The highest BCUT2D eigenvalue weighted by molar-refractivity contribution is 7.97. The lowest BCUT2D eigenvalue weighted by molar-refractivity contribution is 0.425. The molecule has 4 nitrogen and oxygen atoms in total. The third-order valence-electron chi connectivity index (χ3n) is 2.17. The highest BCUT2D eigenvalue weighted by Gasteiger charge is 2.11. The third kappa shape index (κ3) is 2.19. The first-order valence-corrected chi connectivity index (χ1v) is 6.33. The van der Waals surface area contributed by atoms with E-state index in [1.54, 1.807) is 11.8 Å². The highest BCUT2D eigenvalue weighted by Crippen LogP contribution is 2.26. The Morgan fingerprint density at radius 3 is 2.94 bits per heavy atom. The second kappa shape index (κ2) is 5.03. The van der Waals surface area contributed by atoms with Crippen LogP contribution in [0.4, 0.5) is 5.69 Å². The largest absolute Gasteiger partial charge is 0.387 e. The Hall–Kier alpha value is -1.49. The molecule has 1 N–H and O–H groups in total. The summed E-state index contributed by atoms with van der Waals surface area (Å²) in [5.41, 5.74) is 1.92. The van der Waals surface area contributed by atoms with Crippen molar-refractivity contribution in [2.24, 2.45) is 0 Å². The van der Waals surface area contributed by atoms with Gasteiger partial charge in [-0.15, -0.1) is 0 Å². The number of para-hydroxylation sites is 1. The van der Waals surface area contributed by atoms with Gasteiger partial charge in [0.25, 0.3) is 5.89 Å². The molecule has 84 valence electrons. The fourth-order valence-corrected chi connectivity index (χ4v) is 1.81. The maximum Gasteiger partial charge on any atom is 0.260 e. The van der Waals surface area contributed by atoms with Gasteiger partial charge >= 0.3 is 0 Å². The number of nitrogens with zero attached hydrogens (tertiary/aromatic N) is 2. The number of rotatable bonds is 4. The summed E-state index contributed by atoms with van der Waals surface area (Å²) in [6, 6.07) is 7.86. The Balaban J connectivity index is 2.34. The van der Waals surface area contributed by atoms with Gasteiger partial charge in [-0.25, -0.2) is 0 Å². The van der Waals surface area contributed by atoms with Crippen LogP contribution < -0.4 is 5.32 Å². The number of nitrogens with one attached hydrogen (secondary N) is 1. The maximum absolute atomic E-state index is 5.23. The normalized spacial score (nSPS) is 10.4. The lowest BCUT2D eigenvalue weighted by atomic mass is 10.2. The Kier molecular flexibility index (Phi) is 3.46. The van der Waals surface area contributed by atoms with Crippen molar-refractivity contribution in [3.63, 3.8) is 0 Å². The molecule has 1 heterocycles. The molecule has 5 heteroatoms. The van der Waals surface area contributed by atoms with Crippen LogP contribution in [0.2, 0.25) is 0 Å². The monoisotopic (exact) mass is 235 g/mol. The Bertz CT molecular complexity index is 470. The second-order valence-electron chi connectivity index (χ2n) is 3.24. The minimum absolute atomic E-state index is 0.564. The first-order valence-electron chi connectivity index (χ1n) is 4.94. The van der Waals surface area contributed by atoms with E-state index in [1.165, 1.54) is 0 Å². The molecule has 0 saturated heterocycles. The zero-order valence-corrected chi connectivity index (χ0v) is 10.0. The van der Waals surface area contributed by atoms with Crippen molar-refractivity contribution in [2.45, 2.75) is 5.75 Å². The van der Waals surface area contributed by atoms with E-state index < -0.39 is 0 Å². The fraction of sp³-hybridized carbons (Fsp3) is 0.273. The van der Waals surface area contributed by atoms with Gasteiger partial charge in [0.1, 0.15) is 0 Å². The number of benzene rings is 1. The highest BCUT2D eigenvalue weighted by atomic mass is 32.2. The summed E-state index contributed by atoms with van der Waals surface area (Å²) >= 11 is 1.67.